The topological polar surface area (TPSA) is 93.5 Å². The summed E-state index contributed by atoms with van der Waals surface area (Å²) >= 11 is 3.53. The molecule has 0 saturated heterocycles. The second-order valence-electron chi connectivity index (χ2n) is 7.88. The van der Waals surface area contributed by atoms with Crippen molar-refractivity contribution in [1.82, 2.24) is 25.2 Å². The summed E-state index contributed by atoms with van der Waals surface area (Å²) < 4.78 is 2.45. The number of carbonyl (C=O) groups is 1. The number of pyridine rings is 1. The number of rotatable bonds is 6. The number of nitrogens with zero attached hydrogens (tertiary/aromatic N) is 4. The van der Waals surface area contributed by atoms with E-state index >= 15 is 0 Å². The molecule has 170 valence electrons. The van der Waals surface area contributed by atoms with Crippen LogP contribution in [0, 0.1) is 0 Å². The summed E-state index contributed by atoms with van der Waals surface area (Å²) in [5.41, 5.74) is 3.58. The number of Topliss-reactive ketones (excluding diaryl/α,β-unsaturated/α-hetero) is 1. The molecule has 1 N–H and O–H groups in total. The Hall–Kier alpha value is -2.27. The second kappa shape index (κ2) is 11.2. The molecule has 2 heterocycles. The van der Waals surface area contributed by atoms with Gasteiger partial charge in [0.25, 0.3) is 5.56 Å². The third-order valence-electron chi connectivity index (χ3n) is 5.78. The number of aromatic amines is 1. The van der Waals surface area contributed by atoms with Crippen molar-refractivity contribution in [3.63, 3.8) is 0 Å². The molecule has 0 amide bonds. The van der Waals surface area contributed by atoms with E-state index in [1.165, 1.54) is 0 Å². The van der Waals surface area contributed by atoms with E-state index in [0.717, 1.165) is 32.1 Å². The van der Waals surface area contributed by atoms with Gasteiger partial charge >= 0.3 is 51.4 Å². The predicted molar refractivity (Wildman–Crippen MR) is 136 cm³/mol. The fourth-order valence-electron chi connectivity index (χ4n) is 4.15. The van der Waals surface area contributed by atoms with Gasteiger partial charge in [0.1, 0.15) is 0 Å². The summed E-state index contributed by atoms with van der Waals surface area (Å²) in [4.78, 5) is 27.0. The van der Waals surface area contributed by atoms with Crippen molar-refractivity contribution in [2.75, 3.05) is 0 Å². The molecule has 3 aromatic carbocycles. The summed E-state index contributed by atoms with van der Waals surface area (Å²) in [6.45, 7) is 2.08. The molecule has 0 atom stereocenters. The summed E-state index contributed by atoms with van der Waals surface area (Å²) in [6.07, 6.45) is 0.287. The molecule has 0 radical (unpaired) electrons. The van der Waals surface area contributed by atoms with Crippen LogP contribution in [0.25, 0.3) is 33.3 Å². The van der Waals surface area contributed by atoms with Gasteiger partial charge in [-0.05, 0) is 39.9 Å². The normalized spacial score (nSPS) is 10.8. The first kappa shape index (κ1) is 25.8. The standard InChI is InChI=1S/C26H20BrN5O2.K.H/c1-2-22(33)24-23(17-6-4-3-5-7-17)21-14-19(27)12-13-20(21)26(34)32(24)15-16-8-10-18(11-9-16)25-28-30-31-29-25;;/h3-14H,2,15H2,1H3,(H,28,29,30,31);;/q;+1;-1. The smallest absolute Gasteiger partial charge is 1.00 e. The minimum Gasteiger partial charge on any atom is -1.00 e. The minimum atomic E-state index is -0.193. The molecular weight excluding hydrogens is 533 g/mol. The van der Waals surface area contributed by atoms with Crippen molar-refractivity contribution in [2.45, 2.75) is 19.9 Å². The van der Waals surface area contributed by atoms with Crippen LogP contribution in [0.3, 0.4) is 0 Å². The number of tetrazole rings is 1. The van der Waals surface area contributed by atoms with Crippen LogP contribution in [0.5, 0.6) is 0 Å². The molecule has 5 aromatic rings. The molecule has 5 rings (SSSR count). The van der Waals surface area contributed by atoms with Gasteiger partial charge < -0.3 is 1.43 Å². The molecule has 9 heteroatoms. The molecule has 2 aromatic heterocycles. The maximum atomic E-state index is 13.7. The number of hydrogen-bond acceptors (Lipinski definition) is 5. The van der Waals surface area contributed by atoms with Crippen molar-refractivity contribution in [3.8, 4) is 22.5 Å². The van der Waals surface area contributed by atoms with E-state index in [2.05, 4.69) is 36.6 Å². The molecule has 0 spiro atoms. The van der Waals surface area contributed by atoms with Crippen LogP contribution in [-0.2, 0) is 6.54 Å². The van der Waals surface area contributed by atoms with Crippen molar-refractivity contribution < 1.29 is 57.6 Å². The van der Waals surface area contributed by atoms with E-state index < -0.39 is 0 Å². The monoisotopic (exact) mass is 553 g/mol. The predicted octanol–water partition coefficient (Wildman–Crippen LogP) is 2.37. The first-order chi connectivity index (χ1) is 16.6. The van der Waals surface area contributed by atoms with Crippen LogP contribution >= 0.6 is 15.9 Å². The van der Waals surface area contributed by atoms with Crippen LogP contribution < -0.4 is 56.9 Å². The third-order valence-corrected chi connectivity index (χ3v) is 6.27. The third kappa shape index (κ3) is 5.16. The second-order valence-corrected chi connectivity index (χ2v) is 8.80. The zero-order valence-corrected chi connectivity index (χ0v) is 24.0. The SMILES string of the molecule is CCC(=O)c1c(-c2ccccc2)c2cc(Br)ccc2c(=O)n1Cc1ccc(-c2nn[nH]n2)cc1.[H-].[K+]. The Morgan fingerprint density at radius 2 is 1.74 bits per heavy atom. The maximum absolute atomic E-state index is 13.7. The number of hydrogen-bond donors (Lipinski definition) is 1. The Balaban J connectivity index is 0.00000180. The van der Waals surface area contributed by atoms with E-state index in [4.69, 9.17) is 0 Å². The minimum absolute atomic E-state index is 0. The zero-order chi connectivity index (χ0) is 23.7. The first-order valence-corrected chi connectivity index (χ1v) is 11.6. The van der Waals surface area contributed by atoms with E-state index in [1.54, 1.807) is 4.57 Å². The zero-order valence-electron chi connectivity index (χ0n) is 20.3. The van der Waals surface area contributed by atoms with Crippen molar-refractivity contribution >= 4 is 32.5 Å². The summed E-state index contributed by atoms with van der Waals surface area (Å²) in [6, 6.07) is 22.9. The van der Waals surface area contributed by atoms with E-state index in [9.17, 15) is 9.59 Å². The number of H-pyrrole nitrogens is 1. The average Bonchev–Trinajstić information content (AvgIpc) is 3.41. The van der Waals surface area contributed by atoms with E-state index in [0.29, 0.717) is 16.9 Å². The van der Waals surface area contributed by atoms with Gasteiger partial charge in [0.2, 0.25) is 5.82 Å². The Kier molecular flexibility index (Phi) is 8.25. The van der Waals surface area contributed by atoms with E-state index in [1.807, 2.05) is 79.7 Å². The average molecular weight is 554 g/mol. The number of halogens is 1. The fourth-order valence-corrected chi connectivity index (χ4v) is 4.51. The van der Waals surface area contributed by atoms with Crippen molar-refractivity contribution in [3.05, 3.63) is 98.9 Å². The van der Waals surface area contributed by atoms with Gasteiger partial charge in [-0.15, -0.1) is 10.2 Å². The van der Waals surface area contributed by atoms with Gasteiger partial charge in [0.05, 0.1) is 12.2 Å². The van der Waals surface area contributed by atoms with Crippen molar-refractivity contribution in [1.29, 1.82) is 0 Å². The number of benzene rings is 3. The van der Waals surface area contributed by atoms with Crippen LogP contribution in [0.15, 0.2) is 82.1 Å². The molecule has 0 aliphatic heterocycles. The fraction of sp³-hybridized carbons (Fsp3) is 0.115. The number of nitrogens with one attached hydrogen (secondary N) is 1. The Morgan fingerprint density at radius 3 is 2.40 bits per heavy atom. The first-order valence-electron chi connectivity index (χ1n) is 10.8. The number of carbonyl (C=O) groups excluding carboxylic acids is 1. The summed E-state index contributed by atoms with van der Waals surface area (Å²) in [5, 5.41) is 15.4. The van der Waals surface area contributed by atoms with Gasteiger partial charge in [-0.25, -0.2) is 0 Å². The number of fused-ring (bicyclic) bond motifs is 1. The Labute approximate surface area is 254 Å². The van der Waals surface area contributed by atoms with Crippen molar-refractivity contribution in [2.24, 2.45) is 0 Å². The van der Waals surface area contributed by atoms with Gasteiger partial charge in [0, 0.05) is 27.4 Å². The summed E-state index contributed by atoms with van der Waals surface area (Å²) in [7, 11) is 0. The van der Waals surface area contributed by atoms with Crippen LogP contribution in [0.1, 0.15) is 30.8 Å². The quantitative estimate of drug-likeness (QED) is 0.257. The molecule has 0 aliphatic carbocycles. The van der Waals surface area contributed by atoms with Gasteiger partial charge in [-0.3, -0.25) is 14.2 Å². The Morgan fingerprint density at radius 1 is 1.00 bits per heavy atom. The molecule has 0 unspecified atom stereocenters. The Bertz CT molecular complexity index is 1560. The van der Waals surface area contributed by atoms with E-state index in [-0.39, 0.29) is 77.1 Å². The van der Waals surface area contributed by atoms with Crippen LogP contribution in [0.4, 0.5) is 0 Å². The molecule has 0 saturated carbocycles. The molecule has 35 heavy (non-hydrogen) atoms. The van der Waals surface area contributed by atoms with Crippen LogP contribution in [0.2, 0.25) is 0 Å². The molecular formula is C26H21BrKN5O2. The molecule has 0 fully saturated rings. The number of aromatic nitrogens is 5. The molecule has 0 aliphatic rings. The summed E-state index contributed by atoms with van der Waals surface area (Å²) in [5.74, 6) is 0.412. The van der Waals surface area contributed by atoms with Crippen LogP contribution in [-0.4, -0.2) is 31.0 Å². The molecule has 7 nitrogen and oxygen atoms in total. The number of ketones is 1. The van der Waals surface area contributed by atoms with Gasteiger partial charge in [-0.2, -0.15) is 5.21 Å². The largest absolute Gasteiger partial charge is 1.00 e. The van der Waals surface area contributed by atoms with Gasteiger partial charge in [0.15, 0.2) is 5.78 Å². The maximum Gasteiger partial charge on any atom is 1.00 e. The molecule has 0 bridgehead atoms. The van der Waals surface area contributed by atoms with Gasteiger partial charge in [-0.1, -0.05) is 77.5 Å².